The first-order valence-electron chi connectivity index (χ1n) is 9.16. The van der Waals surface area contributed by atoms with Crippen LogP contribution in [-0.2, 0) is 4.79 Å². The van der Waals surface area contributed by atoms with E-state index in [1.54, 1.807) is 0 Å². The maximum absolute atomic E-state index is 12.5. The standard InChI is InChI=1S/C19H26N4OS2/c1-12-9-10-16(13(2)11-12)21-17(24)14(3)25-19-23-22-18(26-19)20-15-7-5-4-6-8-15/h9-11,14-15H,4-8H2,1-3H3,(H,20,22)(H,21,24). The minimum Gasteiger partial charge on any atom is -0.357 e. The minimum absolute atomic E-state index is 0.0149. The molecule has 1 unspecified atom stereocenters. The van der Waals surface area contributed by atoms with Crippen molar-refractivity contribution in [2.45, 2.75) is 68.5 Å². The van der Waals surface area contributed by atoms with Crippen molar-refractivity contribution >= 4 is 39.8 Å². The van der Waals surface area contributed by atoms with Gasteiger partial charge in [0.25, 0.3) is 0 Å². The largest absolute Gasteiger partial charge is 0.357 e. The van der Waals surface area contributed by atoms with Crippen LogP contribution in [0.4, 0.5) is 10.8 Å². The Hall–Kier alpha value is -1.60. The van der Waals surface area contributed by atoms with Crippen LogP contribution in [-0.4, -0.2) is 27.4 Å². The molecular formula is C19H26N4OS2. The molecule has 2 aromatic rings. The second-order valence-electron chi connectivity index (χ2n) is 6.92. The maximum atomic E-state index is 12.5. The Labute approximate surface area is 163 Å². The summed E-state index contributed by atoms with van der Waals surface area (Å²) < 4.78 is 0.826. The summed E-state index contributed by atoms with van der Waals surface area (Å²) in [7, 11) is 0. The molecule has 0 radical (unpaired) electrons. The highest BCUT2D eigenvalue weighted by Gasteiger charge is 2.19. The molecule has 1 atom stereocenters. The van der Waals surface area contributed by atoms with Gasteiger partial charge in [-0.05, 0) is 45.2 Å². The van der Waals surface area contributed by atoms with Gasteiger partial charge in [-0.1, -0.05) is 60.1 Å². The topological polar surface area (TPSA) is 66.9 Å². The van der Waals surface area contributed by atoms with Gasteiger partial charge in [-0.3, -0.25) is 4.79 Å². The number of hydrogen-bond acceptors (Lipinski definition) is 6. The zero-order chi connectivity index (χ0) is 18.5. The van der Waals surface area contributed by atoms with E-state index in [1.807, 2.05) is 32.9 Å². The second-order valence-corrected chi connectivity index (χ2v) is 9.49. The number of carbonyl (C=O) groups excluding carboxylic acids is 1. The zero-order valence-electron chi connectivity index (χ0n) is 15.5. The molecule has 1 fully saturated rings. The number of aryl methyl sites for hydroxylation is 2. The van der Waals surface area contributed by atoms with Crippen LogP contribution in [0.1, 0.15) is 50.2 Å². The summed E-state index contributed by atoms with van der Waals surface area (Å²) in [5, 5.41) is 15.6. The van der Waals surface area contributed by atoms with E-state index in [4.69, 9.17) is 0 Å². The summed E-state index contributed by atoms with van der Waals surface area (Å²) in [6.45, 7) is 5.96. The van der Waals surface area contributed by atoms with E-state index in [1.165, 1.54) is 60.8 Å². The number of thioether (sulfide) groups is 1. The van der Waals surface area contributed by atoms with Crippen molar-refractivity contribution in [2.75, 3.05) is 10.6 Å². The smallest absolute Gasteiger partial charge is 0.237 e. The van der Waals surface area contributed by atoms with Crippen LogP contribution in [0.15, 0.2) is 22.5 Å². The van der Waals surface area contributed by atoms with Crippen molar-refractivity contribution in [3.63, 3.8) is 0 Å². The number of carbonyl (C=O) groups is 1. The van der Waals surface area contributed by atoms with Gasteiger partial charge in [0.15, 0.2) is 4.34 Å². The van der Waals surface area contributed by atoms with Crippen LogP contribution in [0.2, 0.25) is 0 Å². The summed E-state index contributed by atoms with van der Waals surface area (Å²) in [6, 6.07) is 6.55. The van der Waals surface area contributed by atoms with E-state index in [9.17, 15) is 4.79 Å². The van der Waals surface area contributed by atoms with Crippen LogP contribution in [0.25, 0.3) is 0 Å². The third kappa shape index (κ3) is 5.20. The summed E-state index contributed by atoms with van der Waals surface area (Å²) in [4.78, 5) is 12.5. The highest BCUT2D eigenvalue weighted by Crippen LogP contribution is 2.31. The number of nitrogens with zero attached hydrogens (tertiary/aromatic N) is 2. The molecule has 1 amide bonds. The first-order valence-corrected chi connectivity index (χ1v) is 10.9. The van der Waals surface area contributed by atoms with E-state index >= 15 is 0 Å². The van der Waals surface area contributed by atoms with E-state index in [0.29, 0.717) is 6.04 Å². The zero-order valence-corrected chi connectivity index (χ0v) is 17.2. The molecule has 1 saturated carbocycles. The van der Waals surface area contributed by atoms with E-state index < -0.39 is 0 Å². The first-order chi connectivity index (χ1) is 12.5. The van der Waals surface area contributed by atoms with E-state index in [-0.39, 0.29) is 11.2 Å². The van der Waals surface area contributed by atoms with Gasteiger partial charge in [0.05, 0.1) is 5.25 Å². The molecule has 1 aliphatic carbocycles. The molecular weight excluding hydrogens is 364 g/mol. The fourth-order valence-corrected chi connectivity index (χ4v) is 5.10. The number of benzene rings is 1. The fraction of sp³-hybridized carbons (Fsp3) is 0.526. The SMILES string of the molecule is Cc1ccc(NC(=O)C(C)Sc2nnc(NC3CCCCC3)s2)c(C)c1. The van der Waals surface area contributed by atoms with Crippen molar-refractivity contribution in [3.05, 3.63) is 29.3 Å². The Morgan fingerprint density at radius 1 is 1.23 bits per heavy atom. The van der Waals surface area contributed by atoms with Crippen LogP contribution >= 0.6 is 23.1 Å². The molecule has 3 rings (SSSR count). The lowest BCUT2D eigenvalue weighted by Crippen LogP contribution is -2.22. The molecule has 0 bridgehead atoms. The monoisotopic (exact) mass is 390 g/mol. The van der Waals surface area contributed by atoms with Gasteiger partial charge < -0.3 is 10.6 Å². The van der Waals surface area contributed by atoms with Crippen LogP contribution in [0, 0.1) is 13.8 Å². The van der Waals surface area contributed by atoms with Crippen molar-refractivity contribution in [1.29, 1.82) is 0 Å². The molecule has 1 aliphatic rings. The normalized spacial score (nSPS) is 16.3. The van der Waals surface area contributed by atoms with Crippen molar-refractivity contribution in [1.82, 2.24) is 10.2 Å². The van der Waals surface area contributed by atoms with Gasteiger partial charge in [-0.2, -0.15) is 0 Å². The molecule has 1 heterocycles. The van der Waals surface area contributed by atoms with Crippen molar-refractivity contribution in [2.24, 2.45) is 0 Å². The number of hydrogen-bond donors (Lipinski definition) is 2. The Morgan fingerprint density at radius 3 is 2.73 bits per heavy atom. The third-order valence-electron chi connectivity index (χ3n) is 4.63. The lowest BCUT2D eigenvalue weighted by Gasteiger charge is -2.21. The molecule has 0 saturated heterocycles. The maximum Gasteiger partial charge on any atom is 0.237 e. The summed E-state index contributed by atoms with van der Waals surface area (Å²) in [6.07, 6.45) is 6.32. The van der Waals surface area contributed by atoms with Gasteiger partial charge in [0.2, 0.25) is 11.0 Å². The molecule has 26 heavy (non-hydrogen) atoms. The molecule has 0 aliphatic heterocycles. The first kappa shape index (κ1) is 19.2. The highest BCUT2D eigenvalue weighted by atomic mass is 32.2. The molecule has 1 aromatic carbocycles. The predicted molar refractivity (Wildman–Crippen MR) is 110 cm³/mol. The van der Waals surface area contributed by atoms with Crippen LogP contribution < -0.4 is 10.6 Å². The van der Waals surface area contributed by atoms with Gasteiger partial charge >= 0.3 is 0 Å². The van der Waals surface area contributed by atoms with Crippen LogP contribution in [0.3, 0.4) is 0 Å². The average Bonchev–Trinajstić information content (AvgIpc) is 3.05. The minimum atomic E-state index is -0.230. The summed E-state index contributed by atoms with van der Waals surface area (Å²) in [5.41, 5.74) is 3.13. The molecule has 7 heteroatoms. The van der Waals surface area contributed by atoms with Gasteiger partial charge in [-0.25, -0.2) is 0 Å². The Bertz CT molecular complexity index is 756. The summed E-state index contributed by atoms with van der Waals surface area (Å²) in [5.74, 6) is -0.0149. The number of aromatic nitrogens is 2. The number of anilines is 2. The Morgan fingerprint density at radius 2 is 2.00 bits per heavy atom. The van der Waals surface area contributed by atoms with E-state index in [0.717, 1.165) is 20.7 Å². The van der Waals surface area contributed by atoms with Crippen LogP contribution in [0.5, 0.6) is 0 Å². The Balaban J connectivity index is 1.53. The molecule has 0 spiro atoms. The number of amides is 1. The lowest BCUT2D eigenvalue weighted by molar-refractivity contribution is -0.115. The average molecular weight is 391 g/mol. The molecule has 140 valence electrons. The summed E-state index contributed by atoms with van der Waals surface area (Å²) >= 11 is 2.99. The van der Waals surface area contributed by atoms with Gasteiger partial charge in [0.1, 0.15) is 0 Å². The third-order valence-corrected chi connectivity index (χ3v) is 6.66. The number of nitrogens with one attached hydrogen (secondary N) is 2. The second kappa shape index (κ2) is 8.86. The Kier molecular flexibility index (Phi) is 6.53. The van der Waals surface area contributed by atoms with Crippen molar-refractivity contribution < 1.29 is 4.79 Å². The fourth-order valence-electron chi connectivity index (χ4n) is 3.13. The predicted octanol–water partition coefficient (Wildman–Crippen LogP) is 5.02. The highest BCUT2D eigenvalue weighted by molar-refractivity contribution is 8.02. The van der Waals surface area contributed by atoms with Gasteiger partial charge in [-0.15, -0.1) is 10.2 Å². The molecule has 2 N–H and O–H groups in total. The lowest BCUT2D eigenvalue weighted by atomic mass is 9.96. The van der Waals surface area contributed by atoms with Gasteiger partial charge in [0, 0.05) is 11.7 Å². The quantitative estimate of drug-likeness (QED) is 0.678. The molecule has 5 nitrogen and oxygen atoms in total. The van der Waals surface area contributed by atoms with E-state index in [2.05, 4.69) is 26.9 Å². The van der Waals surface area contributed by atoms with Crippen molar-refractivity contribution in [3.8, 4) is 0 Å². The molecule has 1 aromatic heterocycles. The number of rotatable bonds is 6.